The molecular formula is C8H7IN2. The molecule has 0 bridgehead atoms. The summed E-state index contributed by atoms with van der Waals surface area (Å²) in [5.41, 5.74) is 1.45. The number of aromatic nitrogens is 1. The predicted molar refractivity (Wildman–Crippen MR) is 51.4 cm³/mol. The van der Waals surface area contributed by atoms with Crippen molar-refractivity contribution in [3.05, 3.63) is 29.6 Å². The first-order valence-corrected chi connectivity index (χ1v) is 4.49. The lowest BCUT2D eigenvalue weighted by molar-refractivity contribution is 1.03. The second-order valence-electron chi connectivity index (χ2n) is 2.18. The average molecular weight is 258 g/mol. The van der Waals surface area contributed by atoms with Gasteiger partial charge in [-0.05, 0) is 19.1 Å². The minimum atomic E-state index is 0.362. The molecule has 0 saturated carbocycles. The number of hydrogen-bond donors (Lipinski definition) is 0. The Morgan fingerprint density at radius 2 is 2.36 bits per heavy atom. The van der Waals surface area contributed by atoms with E-state index in [1.807, 2.05) is 25.1 Å². The monoisotopic (exact) mass is 258 g/mol. The summed E-state index contributed by atoms with van der Waals surface area (Å²) in [7, 11) is 0. The quantitative estimate of drug-likeness (QED) is 0.573. The van der Waals surface area contributed by atoms with Gasteiger partial charge < -0.3 is 0 Å². The highest BCUT2D eigenvalue weighted by Gasteiger charge is 2.01. The number of alkyl halides is 1. The predicted octanol–water partition coefficient (Wildman–Crippen LogP) is 2.45. The van der Waals surface area contributed by atoms with Crippen molar-refractivity contribution in [3.8, 4) is 6.07 Å². The standard InChI is InChI=1S/C8H7IN2/c1-6(9)8-4-2-3-7(5-10)11-8/h2-4,6H,1H3. The summed E-state index contributed by atoms with van der Waals surface area (Å²) in [4.78, 5) is 4.12. The minimum absolute atomic E-state index is 0.362. The van der Waals surface area contributed by atoms with E-state index in [4.69, 9.17) is 5.26 Å². The van der Waals surface area contributed by atoms with Gasteiger partial charge in [0.25, 0.3) is 0 Å². The third-order valence-electron chi connectivity index (χ3n) is 1.29. The molecule has 0 fully saturated rings. The van der Waals surface area contributed by atoms with E-state index in [0.29, 0.717) is 9.62 Å². The number of nitrogens with zero attached hydrogens (tertiary/aromatic N) is 2. The van der Waals surface area contributed by atoms with E-state index >= 15 is 0 Å². The molecule has 1 rings (SSSR count). The van der Waals surface area contributed by atoms with Crippen molar-refractivity contribution in [2.45, 2.75) is 10.8 Å². The highest BCUT2D eigenvalue weighted by molar-refractivity contribution is 14.1. The molecule has 0 aliphatic heterocycles. The smallest absolute Gasteiger partial charge is 0.140 e. The van der Waals surface area contributed by atoms with Crippen molar-refractivity contribution in [2.75, 3.05) is 0 Å². The van der Waals surface area contributed by atoms with Crippen LogP contribution in [0.4, 0.5) is 0 Å². The fourth-order valence-electron chi connectivity index (χ4n) is 0.735. The third kappa shape index (κ3) is 2.15. The van der Waals surface area contributed by atoms with E-state index in [9.17, 15) is 0 Å². The second-order valence-corrected chi connectivity index (χ2v) is 4.04. The molecule has 1 aromatic rings. The van der Waals surface area contributed by atoms with Crippen molar-refractivity contribution in [1.29, 1.82) is 5.26 Å². The van der Waals surface area contributed by atoms with Crippen molar-refractivity contribution >= 4 is 22.6 Å². The van der Waals surface area contributed by atoms with E-state index in [2.05, 4.69) is 27.6 Å². The van der Waals surface area contributed by atoms with Gasteiger partial charge in [-0.15, -0.1) is 0 Å². The molecule has 1 heterocycles. The van der Waals surface area contributed by atoms with Crippen LogP contribution in [0.1, 0.15) is 22.2 Å². The molecule has 0 spiro atoms. The lowest BCUT2D eigenvalue weighted by atomic mass is 10.3. The Morgan fingerprint density at radius 1 is 1.64 bits per heavy atom. The fraction of sp³-hybridized carbons (Fsp3) is 0.250. The SMILES string of the molecule is CC(I)c1cccc(C#N)n1. The lowest BCUT2D eigenvalue weighted by Gasteiger charge is -2.00. The first kappa shape index (κ1) is 8.47. The third-order valence-corrected chi connectivity index (χ3v) is 1.93. The van der Waals surface area contributed by atoms with Crippen LogP contribution in [0.25, 0.3) is 0 Å². The van der Waals surface area contributed by atoms with E-state index in [-0.39, 0.29) is 0 Å². The van der Waals surface area contributed by atoms with Crippen molar-refractivity contribution in [3.63, 3.8) is 0 Å². The lowest BCUT2D eigenvalue weighted by Crippen LogP contribution is -1.91. The van der Waals surface area contributed by atoms with Gasteiger partial charge in [0.1, 0.15) is 11.8 Å². The van der Waals surface area contributed by atoms with Crippen LogP contribution in [0.15, 0.2) is 18.2 Å². The van der Waals surface area contributed by atoms with Crippen molar-refractivity contribution in [1.82, 2.24) is 4.98 Å². The Hall–Kier alpha value is -0.630. The van der Waals surface area contributed by atoms with Gasteiger partial charge in [0.05, 0.1) is 9.62 Å². The molecule has 0 radical (unpaired) electrons. The molecule has 1 unspecified atom stereocenters. The molecule has 3 heteroatoms. The average Bonchev–Trinajstić information content (AvgIpc) is 2.05. The van der Waals surface area contributed by atoms with Gasteiger partial charge in [0.2, 0.25) is 0 Å². The van der Waals surface area contributed by atoms with Crippen molar-refractivity contribution < 1.29 is 0 Å². The Bertz CT molecular complexity index is 288. The maximum Gasteiger partial charge on any atom is 0.140 e. The normalized spacial score (nSPS) is 12.1. The summed E-state index contributed by atoms with van der Waals surface area (Å²) in [5, 5.41) is 8.53. The Labute approximate surface area is 79.4 Å². The summed E-state index contributed by atoms with van der Waals surface area (Å²) in [6.07, 6.45) is 0. The zero-order chi connectivity index (χ0) is 8.27. The van der Waals surface area contributed by atoms with Gasteiger partial charge in [-0.1, -0.05) is 28.7 Å². The number of pyridine rings is 1. The Morgan fingerprint density at radius 3 is 2.91 bits per heavy atom. The number of halogens is 1. The summed E-state index contributed by atoms with van der Waals surface area (Å²) in [6.45, 7) is 2.05. The highest BCUT2D eigenvalue weighted by Crippen LogP contribution is 2.19. The zero-order valence-corrected chi connectivity index (χ0v) is 8.24. The summed E-state index contributed by atoms with van der Waals surface area (Å²) < 4.78 is 0.362. The largest absolute Gasteiger partial charge is 0.241 e. The maximum absolute atomic E-state index is 8.53. The van der Waals surface area contributed by atoms with Gasteiger partial charge in [-0.25, -0.2) is 4.98 Å². The van der Waals surface area contributed by atoms with Crippen LogP contribution in [0, 0.1) is 11.3 Å². The van der Waals surface area contributed by atoms with E-state index < -0.39 is 0 Å². The fourth-order valence-corrected chi connectivity index (χ4v) is 1.08. The summed E-state index contributed by atoms with van der Waals surface area (Å²) >= 11 is 2.27. The topological polar surface area (TPSA) is 36.7 Å². The zero-order valence-electron chi connectivity index (χ0n) is 6.08. The first-order chi connectivity index (χ1) is 5.24. The Kier molecular flexibility index (Phi) is 2.83. The van der Waals surface area contributed by atoms with Gasteiger partial charge >= 0.3 is 0 Å². The van der Waals surface area contributed by atoms with Crippen LogP contribution < -0.4 is 0 Å². The number of rotatable bonds is 1. The first-order valence-electron chi connectivity index (χ1n) is 3.25. The van der Waals surface area contributed by atoms with Crippen LogP contribution in [0.3, 0.4) is 0 Å². The summed E-state index contributed by atoms with van der Waals surface area (Å²) in [5.74, 6) is 0. The molecule has 0 aliphatic rings. The molecule has 0 amide bonds. The molecule has 1 atom stereocenters. The second kappa shape index (κ2) is 3.67. The van der Waals surface area contributed by atoms with Gasteiger partial charge in [-0.3, -0.25) is 0 Å². The molecule has 0 N–H and O–H groups in total. The van der Waals surface area contributed by atoms with Gasteiger partial charge in [0, 0.05) is 0 Å². The number of nitriles is 1. The molecule has 1 aromatic heterocycles. The molecule has 2 nitrogen and oxygen atoms in total. The van der Waals surface area contributed by atoms with Gasteiger partial charge in [-0.2, -0.15) is 5.26 Å². The molecule has 0 aliphatic carbocycles. The van der Waals surface area contributed by atoms with E-state index in [0.717, 1.165) is 5.69 Å². The molecule has 0 aromatic carbocycles. The van der Waals surface area contributed by atoms with Crippen LogP contribution in [-0.2, 0) is 0 Å². The molecule has 0 saturated heterocycles. The molecule has 56 valence electrons. The Balaban J connectivity index is 3.03. The van der Waals surface area contributed by atoms with Gasteiger partial charge in [0.15, 0.2) is 0 Å². The van der Waals surface area contributed by atoms with Crippen molar-refractivity contribution in [2.24, 2.45) is 0 Å². The van der Waals surface area contributed by atoms with E-state index in [1.165, 1.54) is 0 Å². The van der Waals surface area contributed by atoms with Crippen LogP contribution in [-0.4, -0.2) is 4.98 Å². The van der Waals surface area contributed by atoms with Crippen LogP contribution in [0.2, 0.25) is 0 Å². The molecule has 11 heavy (non-hydrogen) atoms. The summed E-state index contributed by atoms with van der Waals surface area (Å²) in [6, 6.07) is 7.50. The minimum Gasteiger partial charge on any atom is -0.241 e. The number of hydrogen-bond acceptors (Lipinski definition) is 2. The van der Waals surface area contributed by atoms with E-state index in [1.54, 1.807) is 6.07 Å². The highest BCUT2D eigenvalue weighted by atomic mass is 127. The maximum atomic E-state index is 8.53. The van der Waals surface area contributed by atoms with Crippen LogP contribution >= 0.6 is 22.6 Å². The molecular weight excluding hydrogens is 251 g/mol. The van der Waals surface area contributed by atoms with Crippen LogP contribution in [0.5, 0.6) is 0 Å².